The van der Waals surface area contributed by atoms with Crippen molar-refractivity contribution in [1.82, 2.24) is 4.90 Å². The molecule has 1 N–H and O–H groups in total. The first-order valence-electron chi connectivity index (χ1n) is 6.91. The third-order valence-electron chi connectivity index (χ3n) is 3.25. The molecule has 7 heteroatoms. The summed E-state index contributed by atoms with van der Waals surface area (Å²) in [7, 11) is -0.175. The van der Waals surface area contributed by atoms with Crippen LogP contribution in [0, 0.1) is 18.6 Å². The summed E-state index contributed by atoms with van der Waals surface area (Å²) in [4.78, 5) is 1.63. The zero-order valence-electron chi connectivity index (χ0n) is 13.1. The molecule has 0 atom stereocenters. The quantitative estimate of drug-likeness (QED) is 0.910. The highest BCUT2D eigenvalue weighted by molar-refractivity contribution is 7.92. The molecule has 0 aliphatic rings. The minimum Gasteiger partial charge on any atom is -0.305 e. The van der Waals surface area contributed by atoms with E-state index >= 15 is 0 Å². The Hall–Kier alpha value is -1.99. The number of nitrogens with zero attached hydrogens (tertiary/aromatic N) is 1. The maximum Gasteiger partial charge on any atom is 0.262 e. The number of benzene rings is 2. The normalized spacial score (nSPS) is 11.7. The van der Waals surface area contributed by atoms with Crippen molar-refractivity contribution in [2.75, 3.05) is 18.8 Å². The third kappa shape index (κ3) is 4.27. The molecule has 0 radical (unpaired) electrons. The minimum absolute atomic E-state index is 0.325. The van der Waals surface area contributed by atoms with Crippen molar-refractivity contribution in [3.8, 4) is 0 Å². The van der Waals surface area contributed by atoms with Gasteiger partial charge in [-0.15, -0.1) is 0 Å². The van der Waals surface area contributed by atoms with Crippen molar-refractivity contribution in [2.45, 2.75) is 18.4 Å². The van der Waals surface area contributed by atoms with Gasteiger partial charge >= 0.3 is 0 Å². The second-order valence-electron chi connectivity index (χ2n) is 5.57. The maximum absolute atomic E-state index is 13.3. The lowest BCUT2D eigenvalue weighted by atomic mass is 10.1. The summed E-state index contributed by atoms with van der Waals surface area (Å²) < 4.78 is 53.3. The first kappa shape index (κ1) is 17.4. The van der Waals surface area contributed by atoms with Gasteiger partial charge in [-0.1, -0.05) is 12.1 Å². The Labute approximate surface area is 134 Å². The predicted octanol–water partition coefficient (Wildman–Crippen LogP) is 3.14. The van der Waals surface area contributed by atoms with E-state index in [1.54, 1.807) is 13.0 Å². The zero-order valence-corrected chi connectivity index (χ0v) is 13.9. The van der Waals surface area contributed by atoms with Crippen molar-refractivity contribution in [2.24, 2.45) is 0 Å². The number of nitrogens with one attached hydrogen (secondary N) is 1. The smallest absolute Gasteiger partial charge is 0.262 e. The lowest BCUT2D eigenvalue weighted by Gasteiger charge is -2.14. The van der Waals surface area contributed by atoms with Crippen LogP contribution in [-0.4, -0.2) is 27.4 Å². The molecule has 0 aliphatic carbocycles. The van der Waals surface area contributed by atoms with Gasteiger partial charge in [-0.2, -0.15) is 0 Å². The molecule has 2 aromatic rings. The van der Waals surface area contributed by atoms with E-state index in [0.29, 0.717) is 18.3 Å². The van der Waals surface area contributed by atoms with E-state index < -0.39 is 21.7 Å². The Morgan fingerprint density at radius 3 is 2.35 bits per heavy atom. The number of sulfonamides is 1. The second-order valence-corrected chi connectivity index (χ2v) is 7.25. The fourth-order valence-electron chi connectivity index (χ4n) is 2.09. The zero-order chi connectivity index (χ0) is 17.2. The predicted molar refractivity (Wildman–Crippen MR) is 85.7 cm³/mol. The molecular weight excluding hydrogens is 322 g/mol. The molecule has 4 nitrogen and oxygen atoms in total. The molecule has 23 heavy (non-hydrogen) atoms. The summed E-state index contributed by atoms with van der Waals surface area (Å²) in [6.45, 7) is 2.42. The van der Waals surface area contributed by atoms with Crippen LogP contribution in [-0.2, 0) is 16.6 Å². The van der Waals surface area contributed by atoms with Crippen LogP contribution >= 0.6 is 0 Å². The van der Waals surface area contributed by atoms with Crippen LogP contribution in [0.5, 0.6) is 0 Å². The lowest BCUT2D eigenvalue weighted by Crippen LogP contribution is -2.15. The van der Waals surface area contributed by atoms with Crippen molar-refractivity contribution in [3.05, 3.63) is 59.2 Å². The van der Waals surface area contributed by atoms with Crippen LogP contribution in [0.4, 0.5) is 14.5 Å². The average molecular weight is 340 g/mol. The topological polar surface area (TPSA) is 49.4 Å². The molecule has 0 amide bonds. The Balaban J connectivity index is 2.34. The number of rotatable bonds is 5. The minimum atomic E-state index is -3.99. The third-order valence-corrected chi connectivity index (χ3v) is 4.61. The molecule has 0 unspecified atom stereocenters. The molecule has 124 valence electrons. The van der Waals surface area contributed by atoms with Gasteiger partial charge < -0.3 is 4.90 Å². The number of hydrogen-bond donors (Lipinski definition) is 1. The van der Waals surface area contributed by atoms with E-state index in [9.17, 15) is 17.2 Å². The lowest BCUT2D eigenvalue weighted by molar-refractivity contribution is 0.402. The van der Waals surface area contributed by atoms with E-state index in [0.717, 1.165) is 23.3 Å². The molecular formula is C16H18F2N2O2S. The summed E-state index contributed by atoms with van der Waals surface area (Å²) in [6, 6.07) is 7.93. The molecule has 0 heterocycles. The molecule has 0 aromatic heterocycles. The standard InChI is InChI=1S/C16H18F2N2O2S/c1-11-4-5-12(10-20(2)3)8-16(11)19-23(21,22)13-6-7-14(17)15(18)9-13/h4-9,19H,10H2,1-3H3. The van der Waals surface area contributed by atoms with Crippen molar-refractivity contribution >= 4 is 15.7 Å². The van der Waals surface area contributed by atoms with E-state index in [1.807, 2.05) is 31.1 Å². The van der Waals surface area contributed by atoms with Gasteiger partial charge in [0.1, 0.15) is 0 Å². The largest absolute Gasteiger partial charge is 0.305 e. The van der Waals surface area contributed by atoms with Crippen LogP contribution in [0.2, 0.25) is 0 Å². The highest BCUT2D eigenvalue weighted by Gasteiger charge is 2.17. The van der Waals surface area contributed by atoms with E-state index in [2.05, 4.69) is 4.72 Å². The van der Waals surface area contributed by atoms with Gasteiger partial charge in [-0.3, -0.25) is 4.72 Å². The SMILES string of the molecule is Cc1ccc(CN(C)C)cc1NS(=O)(=O)c1ccc(F)c(F)c1. The highest BCUT2D eigenvalue weighted by Crippen LogP contribution is 2.22. The van der Waals surface area contributed by atoms with Crippen LogP contribution in [0.25, 0.3) is 0 Å². The van der Waals surface area contributed by atoms with Crippen molar-refractivity contribution in [3.63, 3.8) is 0 Å². The van der Waals surface area contributed by atoms with Gasteiger partial charge in [-0.05, 0) is 56.4 Å². The Morgan fingerprint density at radius 2 is 1.74 bits per heavy atom. The number of anilines is 1. The molecule has 0 fully saturated rings. The number of aryl methyl sites for hydroxylation is 1. The first-order chi connectivity index (χ1) is 10.7. The van der Waals surface area contributed by atoms with Gasteiger partial charge in [0, 0.05) is 6.54 Å². The molecule has 0 saturated carbocycles. The fourth-order valence-corrected chi connectivity index (χ4v) is 3.22. The molecule has 0 spiro atoms. The molecule has 0 bridgehead atoms. The van der Waals surface area contributed by atoms with E-state index in [4.69, 9.17) is 0 Å². The van der Waals surface area contributed by atoms with Crippen molar-refractivity contribution in [1.29, 1.82) is 0 Å². The summed E-state index contributed by atoms with van der Waals surface area (Å²) in [5.74, 6) is -2.29. The van der Waals surface area contributed by atoms with E-state index in [-0.39, 0.29) is 4.90 Å². The molecule has 0 aliphatic heterocycles. The van der Waals surface area contributed by atoms with Gasteiger partial charge in [-0.25, -0.2) is 17.2 Å². The Kier molecular flexibility index (Phi) is 5.01. The molecule has 0 saturated heterocycles. The van der Waals surface area contributed by atoms with Gasteiger partial charge in [0.25, 0.3) is 10.0 Å². The number of halogens is 2. The van der Waals surface area contributed by atoms with Gasteiger partial charge in [0.05, 0.1) is 10.6 Å². The summed E-state index contributed by atoms with van der Waals surface area (Å²) >= 11 is 0. The summed E-state index contributed by atoms with van der Waals surface area (Å²) in [5.41, 5.74) is 2.08. The van der Waals surface area contributed by atoms with Crippen LogP contribution in [0.15, 0.2) is 41.3 Å². The Morgan fingerprint density at radius 1 is 1.04 bits per heavy atom. The molecule has 2 aromatic carbocycles. The highest BCUT2D eigenvalue weighted by atomic mass is 32.2. The second kappa shape index (κ2) is 6.64. The van der Waals surface area contributed by atoms with Gasteiger partial charge in [0.15, 0.2) is 11.6 Å². The number of hydrogen-bond acceptors (Lipinski definition) is 3. The fraction of sp³-hybridized carbons (Fsp3) is 0.250. The van der Waals surface area contributed by atoms with Gasteiger partial charge in [0.2, 0.25) is 0 Å². The Bertz CT molecular complexity index is 821. The first-order valence-corrected chi connectivity index (χ1v) is 8.39. The van der Waals surface area contributed by atoms with Crippen LogP contribution < -0.4 is 4.72 Å². The monoisotopic (exact) mass is 340 g/mol. The van der Waals surface area contributed by atoms with Crippen LogP contribution in [0.1, 0.15) is 11.1 Å². The average Bonchev–Trinajstić information content (AvgIpc) is 2.44. The van der Waals surface area contributed by atoms with Crippen LogP contribution in [0.3, 0.4) is 0 Å². The summed E-state index contributed by atoms with van der Waals surface area (Å²) in [5, 5.41) is 0. The van der Waals surface area contributed by atoms with E-state index in [1.165, 1.54) is 0 Å². The molecule has 2 rings (SSSR count). The maximum atomic E-state index is 13.3. The summed E-state index contributed by atoms with van der Waals surface area (Å²) in [6.07, 6.45) is 0. The van der Waals surface area contributed by atoms with Crippen molar-refractivity contribution < 1.29 is 17.2 Å².